The van der Waals surface area contributed by atoms with Crippen LogP contribution in [0.4, 0.5) is 0 Å². The fourth-order valence-electron chi connectivity index (χ4n) is 3.24. The summed E-state index contributed by atoms with van der Waals surface area (Å²) in [7, 11) is -3.32. The molecule has 0 spiro atoms. The molecule has 0 heterocycles. The molecular weight excluding hydrogens is 258 g/mol. The first kappa shape index (κ1) is 13.1. The largest absolute Gasteiger partial charge is 0.240 e. The predicted molar refractivity (Wildman–Crippen MR) is 75.6 cm³/mol. The van der Waals surface area contributed by atoms with Gasteiger partial charge in [0, 0.05) is 6.54 Å². The van der Waals surface area contributed by atoms with Crippen LogP contribution in [0.2, 0.25) is 0 Å². The zero-order chi connectivity index (χ0) is 13.3. The summed E-state index contributed by atoms with van der Waals surface area (Å²) >= 11 is 0. The van der Waals surface area contributed by atoms with Gasteiger partial charge in [-0.15, -0.1) is 0 Å². The van der Waals surface area contributed by atoms with E-state index in [1.165, 1.54) is 24.0 Å². The van der Waals surface area contributed by atoms with E-state index in [2.05, 4.69) is 4.72 Å². The molecular formula is C15H21NO2S. The Kier molecular flexibility index (Phi) is 3.63. The average Bonchev–Trinajstić information content (AvgIpc) is 3.06. The van der Waals surface area contributed by atoms with Crippen molar-refractivity contribution in [3.63, 3.8) is 0 Å². The number of nitrogens with one attached hydrogen (secondary N) is 1. The third-order valence-electron chi connectivity index (χ3n) is 4.42. The van der Waals surface area contributed by atoms with E-state index < -0.39 is 10.0 Å². The third-order valence-corrected chi connectivity index (χ3v) is 5.84. The van der Waals surface area contributed by atoms with Gasteiger partial charge in [-0.3, -0.25) is 0 Å². The Morgan fingerprint density at radius 2 is 1.79 bits per heavy atom. The summed E-state index contributed by atoms with van der Waals surface area (Å²) in [5, 5.41) is 0. The van der Waals surface area contributed by atoms with Crippen molar-refractivity contribution in [3.05, 3.63) is 29.3 Å². The normalized spacial score (nSPS) is 19.8. The average molecular weight is 279 g/mol. The van der Waals surface area contributed by atoms with E-state index in [4.69, 9.17) is 0 Å². The van der Waals surface area contributed by atoms with Crippen molar-refractivity contribution < 1.29 is 8.42 Å². The molecule has 0 unspecified atom stereocenters. The molecule has 19 heavy (non-hydrogen) atoms. The topological polar surface area (TPSA) is 46.2 Å². The molecule has 1 N–H and O–H groups in total. The summed E-state index contributed by atoms with van der Waals surface area (Å²) in [6.07, 6.45) is 8.05. The molecule has 0 atom stereocenters. The van der Waals surface area contributed by atoms with Crippen LogP contribution in [0, 0.1) is 5.92 Å². The molecule has 2 aliphatic carbocycles. The highest BCUT2D eigenvalue weighted by Gasteiger charge is 2.21. The molecule has 0 radical (unpaired) electrons. The lowest BCUT2D eigenvalue weighted by Gasteiger charge is -2.12. The highest BCUT2D eigenvalue weighted by molar-refractivity contribution is 7.89. The van der Waals surface area contributed by atoms with E-state index in [0.717, 1.165) is 32.1 Å². The summed E-state index contributed by atoms with van der Waals surface area (Å²) in [5.74, 6) is 0.532. The first-order valence-electron chi connectivity index (χ1n) is 7.27. The quantitative estimate of drug-likeness (QED) is 0.921. The molecule has 104 valence electrons. The molecule has 0 aromatic heterocycles. The van der Waals surface area contributed by atoms with Gasteiger partial charge >= 0.3 is 0 Å². The second kappa shape index (κ2) is 5.25. The van der Waals surface area contributed by atoms with Crippen molar-refractivity contribution in [2.24, 2.45) is 5.92 Å². The second-order valence-corrected chi connectivity index (χ2v) is 7.55. The number of hydrogen-bond acceptors (Lipinski definition) is 2. The van der Waals surface area contributed by atoms with E-state index in [-0.39, 0.29) is 0 Å². The fourth-order valence-corrected chi connectivity index (χ4v) is 4.41. The van der Waals surface area contributed by atoms with Crippen LogP contribution in [0.15, 0.2) is 23.1 Å². The Bertz CT molecular complexity index is 560. The van der Waals surface area contributed by atoms with Gasteiger partial charge in [0.15, 0.2) is 0 Å². The SMILES string of the molecule is O=S(=O)(NCC1CCCC1)c1ccc2c(c1)CCC2. The van der Waals surface area contributed by atoms with Crippen molar-refractivity contribution in [3.8, 4) is 0 Å². The molecule has 0 saturated heterocycles. The molecule has 4 heteroatoms. The summed E-state index contributed by atoms with van der Waals surface area (Å²) in [5.41, 5.74) is 2.53. The van der Waals surface area contributed by atoms with E-state index >= 15 is 0 Å². The van der Waals surface area contributed by atoms with E-state index in [1.807, 2.05) is 12.1 Å². The smallest absolute Gasteiger partial charge is 0.211 e. The van der Waals surface area contributed by atoms with Gasteiger partial charge in [-0.2, -0.15) is 0 Å². The van der Waals surface area contributed by atoms with Gasteiger partial charge < -0.3 is 0 Å². The van der Waals surface area contributed by atoms with Crippen LogP contribution in [-0.2, 0) is 22.9 Å². The lowest BCUT2D eigenvalue weighted by Crippen LogP contribution is -2.28. The number of fused-ring (bicyclic) bond motifs is 1. The van der Waals surface area contributed by atoms with Gasteiger partial charge in [0.2, 0.25) is 10.0 Å². The fraction of sp³-hybridized carbons (Fsp3) is 0.600. The molecule has 1 saturated carbocycles. The molecule has 0 bridgehead atoms. The minimum Gasteiger partial charge on any atom is -0.211 e. The minimum absolute atomic E-state index is 0.436. The molecule has 0 aliphatic heterocycles. The van der Waals surface area contributed by atoms with Crippen LogP contribution in [0.1, 0.15) is 43.2 Å². The monoisotopic (exact) mass is 279 g/mol. The highest BCUT2D eigenvalue weighted by Crippen LogP contribution is 2.26. The maximum absolute atomic E-state index is 12.3. The Balaban J connectivity index is 1.72. The molecule has 1 fully saturated rings. The second-order valence-electron chi connectivity index (χ2n) is 5.79. The number of sulfonamides is 1. The van der Waals surface area contributed by atoms with Crippen molar-refractivity contribution >= 4 is 10.0 Å². The van der Waals surface area contributed by atoms with Crippen LogP contribution in [0.5, 0.6) is 0 Å². The van der Waals surface area contributed by atoms with Crippen molar-refractivity contribution in [2.45, 2.75) is 49.8 Å². The van der Waals surface area contributed by atoms with Crippen molar-refractivity contribution in [1.82, 2.24) is 4.72 Å². The summed E-state index contributed by atoms with van der Waals surface area (Å²) in [6, 6.07) is 5.59. The lowest BCUT2D eigenvalue weighted by molar-refractivity contribution is 0.519. The first-order valence-corrected chi connectivity index (χ1v) is 8.75. The zero-order valence-corrected chi connectivity index (χ0v) is 12.0. The molecule has 1 aromatic rings. The van der Waals surface area contributed by atoms with E-state index in [9.17, 15) is 8.42 Å². The molecule has 0 amide bonds. The first-order chi connectivity index (χ1) is 9.15. The van der Waals surface area contributed by atoms with Crippen molar-refractivity contribution in [1.29, 1.82) is 0 Å². The van der Waals surface area contributed by atoms with Crippen molar-refractivity contribution in [2.75, 3.05) is 6.54 Å². The molecule has 2 aliphatic rings. The number of aryl methyl sites for hydroxylation is 2. The molecule has 1 aromatic carbocycles. The predicted octanol–water partition coefficient (Wildman–Crippen LogP) is 2.64. The molecule has 3 rings (SSSR count). The number of benzene rings is 1. The Morgan fingerprint density at radius 1 is 1.05 bits per heavy atom. The zero-order valence-electron chi connectivity index (χ0n) is 11.2. The van der Waals surface area contributed by atoms with Gasteiger partial charge in [0.1, 0.15) is 0 Å². The van der Waals surface area contributed by atoms with Gasteiger partial charge in [0.25, 0.3) is 0 Å². The Labute approximate surface area is 115 Å². The number of hydrogen-bond donors (Lipinski definition) is 1. The molecule has 3 nitrogen and oxygen atoms in total. The summed E-state index contributed by atoms with van der Waals surface area (Å²) < 4.78 is 27.3. The van der Waals surface area contributed by atoms with Crippen LogP contribution in [0.25, 0.3) is 0 Å². The lowest BCUT2D eigenvalue weighted by atomic mass is 10.1. The van der Waals surface area contributed by atoms with Gasteiger partial charge in [-0.25, -0.2) is 13.1 Å². The summed E-state index contributed by atoms with van der Waals surface area (Å²) in [4.78, 5) is 0.436. The number of rotatable bonds is 4. The maximum Gasteiger partial charge on any atom is 0.240 e. The summed E-state index contributed by atoms with van der Waals surface area (Å²) in [6.45, 7) is 0.597. The van der Waals surface area contributed by atoms with Crippen LogP contribution < -0.4 is 4.72 Å². The minimum atomic E-state index is -3.32. The standard InChI is InChI=1S/C15H21NO2S/c17-19(18,16-11-12-4-1-2-5-12)15-9-8-13-6-3-7-14(13)10-15/h8-10,12,16H,1-7,11H2. The van der Waals surface area contributed by atoms with Crippen LogP contribution in [0.3, 0.4) is 0 Å². The van der Waals surface area contributed by atoms with Crippen LogP contribution >= 0.6 is 0 Å². The third kappa shape index (κ3) is 2.84. The highest BCUT2D eigenvalue weighted by atomic mass is 32.2. The Hall–Kier alpha value is -0.870. The van der Waals surface area contributed by atoms with E-state index in [1.54, 1.807) is 6.07 Å². The maximum atomic E-state index is 12.3. The van der Waals surface area contributed by atoms with Gasteiger partial charge in [-0.1, -0.05) is 18.9 Å². The van der Waals surface area contributed by atoms with Gasteiger partial charge in [0.05, 0.1) is 4.90 Å². The van der Waals surface area contributed by atoms with Gasteiger partial charge in [-0.05, 0) is 61.3 Å². The van der Waals surface area contributed by atoms with Crippen LogP contribution in [-0.4, -0.2) is 15.0 Å². The van der Waals surface area contributed by atoms with E-state index in [0.29, 0.717) is 17.4 Å². The Morgan fingerprint density at radius 3 is 2.58 bits per heavy atom.